The second-order valence-corrected chi connectivity index (χ2v) is 3.41. The van der Waals surface area contributed by atoms with Crippen LogP contribution in [-0.4, -0.2) is 70.0 Å². The van der Waals surface area contributed by atoms with Crippen LogP contribution in [-0.2, 0) is 19.2 Å². The number of carboxylic acid groups (broad SMARTS) is 4. The average Bonchev–Trinajstić information content (AvgIpc) is 2.37. The molecule has 0 spiro atoms. The molecular weight excluding hydrogens is 345 g/mol. The molecule has 0 aliphatic carbocycles. The molecule has 10 heteroatoms. The van der Waals surface area contributed by atoms with E-state index in [-0.39, 0.29) is 46.1 Å². The molecule has 8 nitrogen and oxygen atoms in total. The van der Waals surface area contributed by atoms with Gasteiger partial charge in [0.15, 0.2) is 0 Å². The third-order valence-electron chi connectivity index (χ3n) is 1.71. The number of carbonyl (C=O) groups is 4. The van der Waals surface area contributed by atoms with Crippen molar-refractivity contribution in [3.05, 3.63) is 47.6 Å². The Morgan fingerprint density at radius 3 is 1.00 bits per heavy atom. The van der Waals surface area contributed by atoms with E-state index in [9.17, 15) is 39.6 Å². The fraction of sp³-hybridized carbons (Fsp3) is 0.143. The van der Waals surface area contributed by atoms with Crippen LogP contribution in [0.4, 0.5) is 0 Å². The van der Waals surface area contributed by atoms with Crippen molar-refractivity contribution >= 4 is 70.0 Å². The van der Waals surface area contributed by atoms with Crippen LogP contribution in [0.5, 0.6) is 0 Å². The molecule has 0 aromatic rings. The number of carbonyl (C=O) groups excluding carboxylic acids is 4. The molecular formula is C14H12Mg2O8. The number of carboxylic acids is 4. The van der Waals surface area contributed by atoms with Gasteiger partial charge in [0.1, 0.15) is 0 Å². The Labute approximate surface area is 170 Å². The Kier molecular flexibility index (Phi) is 22.4. The predicted octanol–water partition coefficient (Wildman–Crippen LogP) is -4.78. The molecule has 24 heavy (non-hydrogen) atoms. The summed E-state index contributed by atoms with van der Waals surface area (Å²) in [7, 11) is 0. The van der Waals surface area contributed by atoms with E-state index >= 15 is 0 Å². The normalized spacial score (nSPS) is 10.9. The molecule has 0 aromatic carbocycles. The molecule has 0 heterocycles. The fourth-order valence-corrected chi connectivity index (χ4v) is 0.963. The third kappa shape index (κ3) is 18.4. The number of hydrogen-bond donors (Lipinski definition) is 0. The van der Waals surface area contributed by atoms with Crippen LogP contribution in [0, 0.1) is 0 Å². The zero-order chi connectivity index (χ0) is 17.7. The van der Waals surface area contributed by atoms with Gasteiger partial charge >= 0.3 is 46.1 Å². The van der Waals surface area contributed by atoms with E-state index in [2.05, 4.69) is 0 Å². The van der Waals surface area contributed by atoms with Crippen LogP contribution in [0.15, 0.2) is 47.6 Å². The fourth-order valence-electron chi connectivity index (χ4n) is 0.963. The van der Waals surface area contributed by atoms with E-state index in [1.807, 2.05) is 0 Å². The average molecular weight is 357 g/mol. The number of aliphatic carboxylic acids is 4. The first-order chi connectivity index (χ1) is 10.1. The summed E-state index contributed by atoms with van der Waals surface area (Å²) < 4.78 is 0. The van der Waals surface area contributed by atoms with E-state index in [0.29, 0.717) is 12.2 Å². The molecule has 0 radical (unpaired) electrons. The van der Waals surface area contributed by atoms with Crippen molar-refractivity contribution in [2.45, 2.75) is 13.8 Å². The molecule has 0 bridgehead atoms. The van der Waals surface area contributed by atoms with Crippen LogP contribution >= 0.6 is 0 Å². The van der Waals surface area contributed by atoms with E-state index in [1.54, 1.807) is 13.8 Å². The summed E-state index contributed by atoms with van der Waals surface area (Å²) in [6.07, 6.45) is 5.95. The maximum Gasteiger partial charge on any atom is 2.00 e. The smallest absolute Gasteiger partial charge is 0.545 e. The quantitative estimate of drug-likeness (QED) is 0.260. The predicted molar refractivity (Wildman–Crippen MR) is 77.3 cm³/mol. The van der Waals surface area contributed by atoms with Gasteiger partial charge in [-0.3, -0.25) is 0 Å². The van der Waals surface area contributed by atoms with Crippen LogP contribution in [0.25, 0.3) is 0 Å². The minimum Gasteiger partial charge on any atom is -0.545 e. The van der Waals surface area contributed by atoms with Crippen LogP contribution < -0.4 is 20.4 Å². The van der Waals surface area contributed by atoms with E-state index in [4.69, 9.17) is 0 Å². The van der Waals surface area contributed by atoms with Gasteiger partial charge in [-0.1, -0.05) is 24.3 Å². The molecule has 0 unspecified atom stereocenters. The minimum atomic E-state index is -1.55. The summed E-state index contributed by atoms with van der Waals surface area (Å²) in [6.45, 7) is 3.12. The van der Waals surface area contributed by atoms with Gasteiger partial charge in [0, 0.05) is 0 Å². The van der Waals surface area contributed by atoms with Gasteiger partial charge in [0.2, 0.25) is 0 Å². The monoisotopic (exact) mass is 356 g/mol. The van der Waals surface area contributed by atoms with Crippen molar-refractivity contribution in [2.24, 2.45) is 0 Å². The van der Waals surface area contributed by atoms with Gasteiger partial charge in [-0.25, -0.2) is 0 Å². The first kappa shape index (κ1) is 30.3. The Bertz CT molecular complexity index is 509. The Morgan fingerprint density at radius 2 is 0.875 bits per heavy atom. The second-order valence-electron chi connectivity index (χ2n) is 3.41. The van der Waals surface area contributed by atoms with Crippen LogP contribution in [0.3, 0.4) is 0 Å². The molecule has 0 aromatic heterocycles. The summed E-state index contributed by atoms with van der Waals surface area (Å²) in [4.78, 5) is 40.0. The largest absolute Gasteiger partial charge is 2.00 e. The first-order valence-electron chi connectivity index (χ1n) is 5.69. The zero-order valence-corrected chi connectivity index (χ0v) is 16.0. The zero-order valence-electron chi connectivity index (χ0n) is 13.1. The van der Waals surface area contributed by atoms with Gasteiger partial charge in [-0.2, -0.15) is 0 Å². The molecule has 0 rings (SSSR count). The summed E-state index contributed by atoms with van der Waals surface area (Å²) in [6, 6.07) is 0. The standard InChI is InChI=1S/2C7H8O4.2Mg/c2*1-2-3-5(7(10)11)4-6(8)9;;/h2*2-4H,1H3,(H,8,9)(H,10,11);;/q;;2*+2/p-4/b2*3-2?,5-4-;;. The summed E-state index contributed by atoms with van der Waals surface area (Å²) in [5.74, 6) is -6.18. The Morgan fingerprint density at radius 1 is 0.625 bits per heavy atom. The van der Waals surface area contributed by atoms with Gasteiger partial charge in [0.05, 0.1) is 23.9 Å². The van der Waals surface area contributed by atoms with E-state index < -0.39 is 35.0 Å². The van der Waals surface area contributed by atoms with Gasteiger partial charge < -0.3 is 39.6 Å². The van der Waals surface area contributed by atoms with E-state index in [0.717, 1.165) is 12.2 Å². The van der Waals surface area contributed by atoms with Crippen LogP contribution in [0.2, 0.25) is 0 Å². The topological polar surface area (TPSA) is 161 Å². The molecule has 0 saturated carbocycles. The van der Waals surface area contributed by atoms with Gasteiger partial charge in [-0.05, 0) is 37.1 Å². The SMILES string of the molecule is CC=C/C(=C/C(=O)[O-])C(=O)[O-].CC=C/C(=C/C(=O)[O-])C(=O)[O-].[Mg+2].[Mg+2]. The number of rotatable bonds is 6. The van der Waals surface area contributed by atoms with E-state index in [1.165, 1.54) is 12.2 Å². The van der Waals surface area contributed by atoms with Crippen molar-refractivity contribution in [2.75, 3.05) is 0 Å². The van der Waals surface area contributed by atoms with Crippen molar-refractivity contribution < 1.29 is 39.6 Å². The molecule has 0 fully saturated rings. The molecule has 0 amide bonds. The summed E-state index contributed by atoms with van der Waals surface area (Å²) in [5, 5.41) is 40.0. The molecule has 120 valence electrons. The molecule has 0 aliphatic rings. The Balaban J connectivity index is -0.000000154. The van der Waals surface area contributed by atoms with Crippen LogP contribution in [0.1, 0.15) is 13.8 Å². The summed E-state index contributed by atoms with van der Waals surface area (Å²) in [5.41, 5.74) is -0.819. The van der Waals surface area contributed by atoms with Crippen molar-refractivity contribution in [1.29, 1.82) is 0 Å². The number of hydrogen-bond acceptors (Lipinski definition) is 8. The minimum absolute atomic E-state index is 0. The molecule has 0 aliphatic heterocycles. The summed E-state index contributed by atoms with van der Waals surface area (Å²) >= 11 is 0. The molecule has 0 saturated heterocycles. The first-order valence-corrected chi connectivity index (χ1v) is 5.69. The molecule has 0 atom stereocenters. The maximum absolute atomic E-state index is 10.1. The van der Waals surface area contributed by atoms with Gasteiger partial charge in [-0.15, -0.1) is 0 Å². The maximum atomic E-state index is 10.1. The Hall–Kier alpha value is -1.63. The van der Waals surface area contributed by atoms with Crippen molar-refractivity contribution in [3.63, 3.8) is 0 Å². The molecule has 0 N–H and O–H groups in total. The second kappa shape index (κ2) is 17.7. The van der Waals surface area contributed by atoms with Gasteiger partial charge in [0.25, 0.3) is 0 Å². The number of allylic oxidation sites excluding steroid dienone is 2. The van der Waals surface area contributed by atoms with Crippen molar-refractivity contribution in [3.8, 4) is 0 Å². The third-order valence-corrected chi connectivity index (χ3v) is 1.71. The van der Waals surface area contributed by atoms with Crippen molar-refractivity contribution in [1.82, 2.24) is 0 Å².